The van der Waals surface area contributed by atoms with Crippen molar-refractivity contribution in [3.63, 3.8) is 0 Å². The van der Waals surface area contributed by atoms with Crippen LogP contribution in [0.3, 0.4) is 0 Å². The van der Waals surface area contributed by atoms with Crippen molar-refractivity contribution in [3.8, 4) is 11.5 Å². The van der Waals surface area contributed by atoms with Gasteiger partial charge in [-0.15, -0.1) is 0 Å². The fourth-order valence-electron chi connectivity index (χ4n) is 7.51. The van der Waals surface area contributed by atoms with Gasteiger partial charge in [0.25, 0.3) is 0 Å². The zero-order valence-electron chi connectivity index (χ0n) is 29.1. The van der Waals surface area contributed by atoms with Gasteiger partial charge in [-0.2, -0.15) is 0 Å². The molecule has 2 heterocycles. The quantitative estimate of drug-likeness (QED) is 0.0735. The number of phenolic OH excluding ortho intramolecular Hbond substituents is 1. The third kappa shape index (κ3) is 7.91. The molecule has 0 radical (unpaired) electrons. The number of amides is 2. The Bertz CT molecular complexity index is 2100. The van der Waals surface area contributed by atoms with E-state index in [-0.39, 0.29) is 31.1 Å². The molecule has 4 N–H and O–H groups in total. The fourth-order valence-corrected chi connectivity index (χ4v) is 7.51. The number of hydrogen-bond acceptors (Lipinski definition) is 8. The molecule has 7 rings (SSSR count). The molecule has 9 nitrogen and oxygen atoms in total. The van der Waals surface area contributed by atoms with E-state index in [9.17, 15) is 24.9 Å². The van der Waals surface area contributed by atoms with Gasteiger partial charge in [0.1, 0.15) is 18.1 Å². The number of nitrogens with one attached hydrogen (secondary N) is 1. The first-order chi connectivity index (χ1) is 25.9. The number of aliphatic hydroxyl groups is 2. The number of carbonyl (C=O) groups is 2. The van der Waals surface area contributed by atoms with Gasteiger partial charge >= 0.3 is 0 Å². The fraction of sp³-hybridized carbons (Fsp3) is 0.205. The average molecular weight is 708 g/mol. The average Bonchev–Trinajstić information content (AvgIpc) is 3.44. The highest BCUT2D eigenvalue weighted by atomic mass is 16.5. The first-order valence-corrected chi connectivity index (χ1v) is 17.8. The molecule has 2 aliphatic rings. The molecule has 4 aromatic carbocycles. The minimum Gasteiger partial charge on any atom is -0.508 e. The van der Waals surface area contributed by atoms with Gasteiger partial charge in [-0.05, 0) is 120 Å². The first kappa shape index (κ1) is 35.4. The van der Waals surface area contributed by atoms with Crippen LogP contribution in [-0.4, -0.2) is 51.4 Å². The summed E-state index contributed by atoms with van der Waals surface area (Å²) in [5.41, 5.74) is 5.75. The smallest absolute Gasteiger partial charge is 0.238 e. The summed E-state index contributed by atoms with van der Waals surface area (Å²) in [6.45, 7) is -0.342. The predicted molar refractivity (Wildman–Crippen MR) is 205 cm³/mol. The number of benzene rings is 4. The number of phenols is 1. The van der Waals surface area contributed by atoms with Crippen LogP contribution in [-0.2, 0) is 9.59 Å². The molecule has 0 spiro atoms. The summed E-state index contributed by atoms with van der Waals surface area (Å²) in [6.07, 6.45) is 3.44. The molecule has 1 fully saturated rings. The lowest BCUT2D eigenvalue weighted by atomic mass is 9.68. The lowest BCUT2D eigenvalue weighted by Gasteiger charge is -2.36. The van der Waals surface area contributed by atoms with E-state index in [1.165, 1.54) is 4.90 Å². The van der Waals surface area contributed by atoms with Crippen molar-refractivity contribution in [2.24, 2.45) is 17.8 Å². The lowest BCUT2D eigenvalue weighted by Crippen LogP contribution is -2.40. The first-order valence-electron chi connectivity index (χ1n) is 17.8. The van der Waals surface area contributed by atoms with Crippen molar-refractivity contribution >= 4 is 40.5 Å². The third-order valence-electron chi connectivity index (χ3n) is 9.98. The molecule has 0 saturated carbocycles. The molecular weight excluding hydrogens is 666 g/mol. The number of hydrogen-bond donors (Lipinski definition) is 4. The summed E-state index contributed by atoms with van der Waals surface area (Å²) in [5, 5.41) is 36.4. The second kappa shape index (κ2) is 16.1. The molecule has 268 valence electrons. The summed E-state index contributed by atoms with van der Waals surface area (Å²) in [4.78, 5) is 34.1. The molecule has 2 amide bonds. The summed E-state index contributed by atoms with van der Waals surface area (Å²) >= 11 is 0. The predicted octanol–water partition coefficient (Wildman–Crippen LogP) is 7.41. The number of fused-ring (bicyclic) bond motifs is 1. The van der Waals surface area contributed by atoms with Gasteiger partial charge in [-0.3, -0.25) is 19.5 Å². The van der Waals surface area contributed by atoms with E-state index in [0.29, 0.717) is 29.0 Å². The minimum atomic E-state index is -1.06. The highest BCUT2D eigenvalue weighted by Crippen LogP contribution is 2.47. The van der Waals surface area contributed by atoms with Gasteiger partial charge < -0.3 is 25.4 Å². The van der Waals surface area contributed by atoms with Crippen LogP contribution >= 0.6 is 0 Å². The van der Waals surface area contributed by atoms with E-state index in [1.54, 1.807) is 36.5 Å². The minimum absolute atomic E-state index is 0.0870. The van der Waals surface area contributed by atoms with Crippen LogP contribution in [0.1, 0.15) is 30.5 Å². The van der Waals surface area contributed by atoms with Crippen molar-refractivity contribution in [2.45, 2.75) is 25.4 Å². The Morgan fingerprint density at radius 1 is 0.868 bits per heavy atom. The third-order valence-corrected chi connectivity index (χ3v) is 9.98. The lowest BCUT2D eigenvalue weighted by molar-refractivity contribution is -0.123. The second-order valence-corrected chi connectivity index (χ2v) is 13.4. The van der Waals surface area contributed by atoms with E-state index in [4.69, 9.17) is 4.74 Å². The molecule has 0 bridgehead atoms. The molecule has 1 aliphatic heterocycles. The largest absolute Gasteiger partial charge is 0.508 e. The molecule has 0 unspecified atom stereocenters. The summed E-state index contributed by atoms with van der Waals surface area (Å²) in [5.74, 6) is -2.33. The van der Waals surface area contributed by atoms with Crippen molar-refractivity contribution in [1.29, 1.82) is 0 Å². The molecule has 5 aromatic rings. The Hall–Kier alpha value is -6.03. The highest BCUT2D eigenvalue weighted by Gasteiger charge is 2.55. The van der Waals surface area contributed by atoms with Gasteiger partial charge in [-0.1, -0.05) is 54.6 Å². The number of allylic oxidation sites excluding steroid dienone is 1. The topological polar surface area (TPSA) is 132 Å². The van der Waals surface area contributed by atoms with Crippen molar-refractivity contribution in [2.75, 3.05) is 23.4 Å². The monoisotopic (exact) mass is 707 g/mol. The number of aromatic nitrogens is 1. The zero-order chi connectivity index (χ0) is 36.7. The number of ether oxygens (including phenoxy) is 1. The Balaban J connectivity index is 1.17. The summed E-state index contributed by atoms with van der Waals surface area (Å²) in [6, 6.07) is 38.6. The number of nitrogens with zero attached hydrogens (tertiary/aromatic N) is 2. The Morgan fingerprint density at radius 2 is 1.58 bits per heavy atom. The molecule has 4 atom stereocenters. The van der Waals surface area contributed by atoms with Crippen LogP contribution in [0.4, 0.5) is 17.1 Å². The highest BCUT2D eigenvalue weighted by molar-refractivity contribution is 6.22. The molecule has 1 saturated heterocycles. The number of pyridine rings is 1. The van der Waals surface area contributed by atoms with Crippen LogP contribution in [0.2, 0.25) is 0 Å². The van der Waals surface area contributed by atoms with Crippen LogP contribution in [0.15, 0.2) is 145 Å². The van der Waals surface area contributed by atoms with Gasteiger partial charge in [0.15, 0.2) is 0 Å². The SMILES string of the molecule is O=C1[C@@H]2[C@@H](CC(COc3ccccc3)=C([C@H](O)CC/C(=C/c3cccc(O)c3)c3ccccn3)[C@@H]2CO)C(=O)N1c1ccc(Nc2ccccc2)cc1. The number of para-hydroxylation sites is 2. The Kier molecular flexibility index (Phi) is 10.8. The summed E-state index contributed by atoms with van der Waals surface area (Å²) in [7, 11) is 0. The molecule has 1 aliphatic carbocycles. The van der Waals surface area contributed by atoms with Crippen LogP contribution < -0.4 is 15.0 Å². The van der Waals surface area contributed by atoms with Gasteiger partial charge in [0.05, 0.1) is 35.9 Å². The van der Waals surface area contributed by atoms with E-state index < -0.39 is 36.4 Å². The number of carbonyl (C=O) groups excluding carboxylic acids is 2. The van der Waals surface area contributed by atoms with Crippen LogP contribution in [0, 0.1) is 17.8 Å². The second-order valence-electron chi connectivity index (χ2n) is 13.4. The van der Waals surface area contributed by atoms with Crippen LogP contribution in [0.5, 0.6) is 11.5 Å². The van der Waals surface area contributed by atoms with Crippen molar-refractivity contribution in [3.05, 3.63) is 156 Å². The number of imide groups is 1. The van der Waals surface area contributed by atoms with Gasteiger partial charge in [0.2, 0.25) is 11.8 Å². The van der Waals surface area contributed by atoms with E-state index >= 15 is 0 Å². The Morgan fingerprint density at radius 3 is 2.28 bits per heavy atom. The summed E-state index contributed by atoms with van der Waals surface area (Å²) < 4.78 is 6.18. The molecular formula is C44H41N3O6. The number of anilines is 3. The van der Waals surface area contributed by atoms with E-state index in [0.717, 1.165) is 28.2 Å². The number of aromatic hydroxyl groups is 1. The normalized spacial score (nSPS) is 19.2. The number of rotatable bonds is 13. The maximum atomic E-state index is 14.2. The van der Waals surface area contributed by atoms with Crippen molar-refractivity contribution < 1.29 is 29.6 Å². The molecule has 53 heavy (non-hydrogen) atoms. The standard InChI is InChI=1S/C44H41N3O6/c48-27-38-41(40(50)22-17-30(39-16-7-8-23-45-39)24-29-10-9-13-35(49)25-29)31(28-53-36-14-5-2-6-15-36)26-37-42(38)44(52)47(43(37)51)34-20-18-33(19-21-34)46-32-11-3-1-4-12-32/h1-16,18-21,23-25,37-38,40,42,46,48-50H,17,22,26-28H2/b30-24-/t37-,38+,40-,42-/m1/s1. The maximum absolute atomic E-state index is 14.2. The Labute approximate surface area is 308 Å². The van der Waals surface area contributed by atoms with E-state index in [2.05, 4.69) is 10.3 Å². The maximum Gasteiger partial charge on any atom is 0.238 e. The van der Waals surface area contributed by atoms with Crippen LogP contribution in [0.25, 0.3) is 11.6 Å². The van der Waals surface area contributed by atoms with Gasteiger partial charge in [0, 0.05) is 23.5 Å². The number of aliphatic hydroxyl groups excluding tert-OH is 2. The zero-order valence-corrected chi connectivity index (χ0v) is 29.1. The van der Waals surface area contributed by atoms with E-state index in [1.807, 2.05) is 103 Å². The molecule has 9 heteroatoms. The van der Waals surface area contributed by atoms with Gasteiger partial charge in [-0.25, -0.2) is 0 Å². The van der Waals surface area contributed by atoms with Crippen molar-refractivity contribution in [1.82, 2.24) is 4.98 Å². The molecule has 1 aromatic heterocycles.